The van der Waals surface area contributed by atoms with E-state index in [0.717, 1.165) is 5.56 Å². The minimum absolute atomic E-state index is 0.108. The standard InChI is InChI=1S/C14H20N2O4/c1-15(2)11-7-12(17)16(13(11)18)8-9-3-5-10(6-4-9)14(19)20/h3-6,11-13,17-18H,7-8H2,1-2H3,(H,19,20)/t11-,12-,13-/m0/s1. The summed E-state index contributed by atoms with van der Waals surface area (Å²) in [7, 11) is 3.73. The molecular weight excluding hydrogens is 260 g/mol. The molecule has 0 unspecified atom stereocenters. The largest absolute Gasteiger partial charge is 0.478 e. The van der Waals surface area contributed by atoms with Gasteiger partial charge in [-0.25, -0.2) is 9.69 Å². The summed E-state index contributed by atoms with van der Waals surface area (Å²) in [5, 5.41) is 29.1. The summed E-state index contributed by atoms with van der Waals surface area (Å²) in [6.45, 7) is 0.382. The van der Waals surface area contributed by atoms with E-state index in [1.807, 2.05) is 19.0 Å². The number of carbonyl (C=O) groups is 1. The van der Waals surface area contributed by atoms with Crippen LogP contribution in [0.4, 0.5) is 0 Å². The van der Waals surface area contributed by atoms with E-state index >= 15 is 0 Å². The Kier molecular flexibility index (Phi) is 4.39. The Bertz CT molecular complexity index is 475. The number of rotatable bonds is 4. The van der Waals surface area contributed by atoms with Crippen molar-refractivity contribution in [3.63, 3.8) is 0 Å². The monoisotopic (exact) mass is 280 g/mol. The van der Waals surface area contributed by atoms with Gasteiger partial charge in [0.2, 0.25) is 0 Å². The highest BCUT2D eigenvalue weighted by Crippen LogP contribution is 2.26. The van der Waals surface area contributed by atoms with E-state index in [0.29, 0.717) is 13.0 Å². The van der Waals surface area contributed by atoms with Crippen molar-refractivity contribution < 1.29 is 20.1 Å². The van der Waals surface area contributed by atoms with Crippen LogP contribution in [0.25, 0.3) is 0 Å². The number of aliphatic hydroxyl groups excluding tert-OH is 2. The van der Waals surface area contributed by atoms with Gasteiger partial charge in [0.05, 0.1) is 11.6 Å². The minimum Gasteiger partial charge on any atom is -0.478 e. The first kappa shape index (κ1) is 14.9. The summed E-state index contributed by atoms with van der Waals surface area (Å²) in [6, 6.07) is 6.34. The van der Waals surface area contributed by atoms with Crippen molar-refractivity contribution in [2.45, 2.75) is 31.5 Å². The molecule has 0 aliphatic carbocycles. The van der Waals surface area contributed by atoms with E-state index in [-0.39, 0.29) is 11.6 Å². The molecule has 0 bridgehead atoms. The fraction of sp³-hybridized carbons (Fsp3) is 0.500. The second-order valence-electron chi connectivity index (χ2n) is 5.34. The molecule has 110 valence electrons. The van der Waals surface area contributed by atoms with E-state index in [9.17, 15) is 15.0 Å². The molecule has 6 heteroatoms. The molecule has 20 heavy (non-hydrogen) atoms. The van der Waals surface area contributed by atoms with Crippen molar-refractivity contribution in [3.8, 4) is 0 Å². The van der Waals surface area contributed by atoms with Crippen LogP contribution < -0.4 is 0 Å². The zero-order valence-electron chi connectivity index (χ0n) is 11.6. The first-order valence-electron chi connectivity index (χ1n) is 6.50. The number of hydrogen-bond donors (Lipinski definition) is 3. The SMILES string of the molecule is CN(C)[C@H]1C[C@H](O)N(Cc2ccc(C(=O)O)cc2)[C@H]1O. The number of aromatic carboxylic acids is 1. The molecule has 1 aromatic carbocycles. The number of likely N-dealkylation sites (tertiary alicyclic amines) is 1. The van der Waals surface area contributed by atoms with Crippen LogP contribution in [0.5, 0.6) is 0 Å². The summed E-state index contributed by atoms with van der Waals surface area (Å²) >= 11 is 0. The number of benzene rings is 1. The minimum atomic E-state index is -0.967. The molecule has 1 aromatic rings. The molecule has 1 fully saturated rings. The number of hydrogen-bond acceptors (Lipinski definition) is 5. The molecule has 0 saturated carbocycles. The average molecular weight is 280 g/mol. The van der Waals surface area contributed by atoms with E-state index in [2.05, 4.69) is 0 Å². The molecule has 0 spiro atoms. The van der Waals surface area contributed by atoms with Gasteiger partial charge in [-0.05, 0) is 31.8 Å². The van der Waals surface area contributed by atoms with Crippen molar-refractivity contribution in [3.05, 3.63) is 35.4 Å². The van der Waals surface area contributed by atoms with Gasteiger partial charge >= 0.3 is 5.97 Å². The van der Waals surface area contributed by atoms with Crippen molar-refractivity contribution in [1.29, 1.82) is 0 Å². The van der Waals surface area contributed by atoms with Crippen LogP contribution in [-0.2, 0) is 6.54 Å². The van der Waals surface area contributed by atoms with Gasteiger partial charge in [-0.3, -0.25) is 0 Å². The average Bonchev–Trinajstić information content (AvgIpc) is 2.67. The second kappa shape index (κ2) is 5.88. The Hall–Kier alpha value is -1.47. The van der Waals surface area contributed by atoms with Crippen LogP contribution >= 0.6 is 0 Å². The van der Waals surface area contributed by atoms with Gasteiger partial charge in [-0.1, -0.05) is 12.1 Å². The van der Waals surface area contributed by atoms with Gasteiger partial charge < -0.3 is 20.2 Å². The molecule has 3 N–H and O–H groups in total. The van der Waals surface area contributed by atoms with Crippen molar-refractivity contribution >= 4 is 5.97 Å². The Morgan fingerprint density at radius 3 is 2.35 bits per heavy atom. The van der Waals surface area contributed by atoms with Gasteiger partial charge in [0.25, 0.3) is 0 Å². The summed E-state index contributed by atoms with van der Waals surface area (Å²) in [5.74, 6) is -0.967. The lowest BCUT2D eigenvalue weighted by molar-refractivity contribution is -0.0698. The molecule has 1 aliphatic rings. The predicted octanol–water partition coefficient (Wildman–Crippen LogP) is 0.157. The van der Waals surface area contributed by atoms with Crippen LogP contribution in [0.15, 0.2) is 24.3 Å². The van der Waals surface area contributed by atoms with Gasteiger partial charge in [0.15, 0.2) is 0 Å². The Morgan fingerprint density at radius 2 is 1.90 bits per heavy atom. The molecule has 0 amide bonds. The topological polar surface area (TPSA) is 84.2 Å². The fourth-order valence-corrected chi connectivity index (χ4v) is 2.51. The quantitative estimate of drug-likeness (QED) is 0.728. The molecule has 0 radical (unpaired) electrons. The lowest BCUT2D eigenvalue weighted by Crippen LogP contribution is -2.42. The molecular formula is C14H20N2O4. The molecule has 3 atom stereocenters. The van der Waals surface area contributed by atoms with Gasteiger partial charge in [0, 0.05) is 13.0 Å². The highest BCUT2D eigenvalue weighted by Gasteiger charge is 2.40. The summed E-state index contributed by atoms with van der Waals surface area (Å²) in [5.41, 5.74) is 1.08. The summed E-state index contributed by atoms with van der Waals surface area (Å²) in [6.07, 6.45) is -0.947. The van der Waals surface area contributed by atoms with Crippen molar-refractivity contribution in [1.82, 2.24) is 9.80 Å². The highest BCUT2D eigenvalue weighted by atomic mass is 16.4. The molecule has 2 rings (SSSR count). The van der Waals surface area contributed by atoms with Crippen LogP contribution in [0.2, 0.25) is 0 Å². The Balaban J connectivity index is 2.07. The zero-order chi connectivity index (χ0) is 14.9. The number of carboxylic acids is 1. The second-order valence-corrected chi connectivity index (χ2v) is 5.34. The third kappa shape index (κ3) is 2.99. The maximum atomic E-state index is 10.8. The van der Waals surface area contributed by atoms with Crippen LogP contribution in [0.1, 0.15) is 22.3 Å². The zero-order valence-corrected chi connectivity index (χ0v) is 11.6. The third-order valence-electron chi connectivity index (χ3n) is 3.75. The van der Waals surface area contributed by atoms with E-state index in [1.54, 1.807) is 17.0 Å². The summed E-state index contributed by atoms with van der Waals surface area (Å²) in [4.78, 5) is 14.3. The highest BCUT2D eigenvalue weighted by molar-refractivity contribution is 5.87. The predicted molar refractivity (Wildman–Crippen MR) is 73.0 cm³/mol. The van der Waals surface area contributed by atoms with Crippen LogP contribution in [0.3, 0.4) is 0 Å². The van der Waals surface area contributed by atoms with Crippen molar-refractivity contribution in [2.75, 3.05) is 14.1 Å². The Morgan fingerprint density at radius 1 is 1.30 bits per heavy atom. The third-order valence-corrected chi connectivity index (χ3v) is 3.75. The maximum Gasteiger partial charge on any atom is 0.335 e. The smallest absolute Gasteiger partial charge is 0.335 e. The maximum absolute atomic E-state index is 10.8. The molecule has 1 saturated heterocycles. The van der Waals surface area contributed by atoms with E-state index < -0.39 is 18.4 Å². The fourth-order valence-electron chi connectivity index (χ4n) is 2.51. The Labute approximate surface area is 117 Å². The van der Waals surface area contributed by atoms with Crippen LogP contribution in [-0.4, -0.2) is 63.7 Å². The number of likely N-dealkylation sites (N-methyl/N-ethyl adjacent to an activating group) is 1. The molecule has 1 aliphatic heterocycles. The van der Waals surface area contributed by atoms with Gasteiger partial charge in [-0.15, -0.1) is 0 Å². The molecule has 1 heterocycles. The van der Waals surface area contributed by atoms with Gasteiger partial charge in [-0.2, -0.15) is 0 Å². The normalized spacial score (nSPS) is 27.1. The van der Waals surface area contributed by atoms with Crippen molar-refractivity contribution in [2.24, 2.45) is 0 Å². The lowest BCUT2D eigenvalue weighted by atomic mass is 10.1. The number of nitrogens with zero attached hydrogens (tertiary/aromatic N) is 2. The number of aliphatic hydroxyl groups is 2. The van der Waals surface area contributed by atoms with Crippen LogP contribution in [0, 0.1) is 0 Å². The molecule has 0 aromatic heterocycles. The first-order chi connectivity index (χ1) is 9.40. The van der Waals surface area contributed by atoms with E-state index in [4.69, 9.17) is 5.11 Å². The van der Waals surface area contributed by atoms with E-state index in [1.165, 1.54) is 12.1 Å². The number of carboxylic acid groups (broad SMARTS) is 1. The first-order valence-corrected chi connectivity index (χ1v) is 6.50. The lowest BCUT2D eigenvalue weighted by Gasteiger charge is -2.27. The van der Waals surface area contributed by atoms with Gasteiger partial charge in [0.1, 0.15) is 12.5 Å². The summed E-state index contributed by atoms with van der Waals surface area (Å²) < 4.78 is 0. The molecule has 6 nitrogen and oxygen atoms in total.